The minimum Gasteiger partial charge on any atom is -0.481 e. The van der Waals surface area contributed by atoms with Crippen molar-refractivity contribution in [1.82, 2.24) is 9.21 Å². The van der Waals surface area contributed by atoms with E-state index in [9.17, 15) is 17.6 Å². The first-order chi connectivity index (χ1) is 13.8. The SMILES string of the molecule is CC(Oc1ccc(F)cc1)C(=O)N1CCN(S(=O)(=O)c2ccc(C#N)cc2)CC1. The number of nitrogens with zero attached hydrogens (tertiary/aromatic N) is 3. The van der Waals surface area contributed by atoms with E-state index in [1.165, 1.54) is 52.8 Å². The second-order valence-electron chi connectivity index (χ2n) is 6.58. The van der Waals surface area contributed by atoms with E-state index in [4.69, 9.17) is 10.00 Å². The average Bonchev–Trinajstić information content (AvgIpc) is 2.75. The highest BCUT2D eigenvalue weighted by molar-refractivity contribution is 7.89. The van der Waals surface area contributed by atoms with Gasteiger partial charge >= 0.3 is 0 Å². The number of ether oxygens (including phenoxy) is 1. The number of halogens is 1. The predicted molar refractivity (Wildman–Crippen MR) is 103 cm³/mol. The molecule has 0 N–H and O–H groups in total. The second-order valence-corrected chi connectivity index (χ2v) is 8.52. The first kappa shape index (κ1) is 20.8. The molecule has 29 heavy (non-hydrogen) atoms. The molecule has 0 aromatic heterocycles. The van der Waals surface area contributed by atoms with Gasteiger partial charge in [0, 0.05) is 26.2 Å². The van der Waals surface area contributed by atoms with E-state index < -0.39 is 21.9 Å². The van der Waals surface area contributed by atoms with Crippen LogP contribution in [0.15, 0.2) is 53.4 Å². The Morgan fingerprint density at radius 3 is 2.21 bits per heavy atom. The van der Waals surface area contributed by atoms with Gasteiger partial charge in [-0.25, -0.2) is 12.8 Å². The molecule has 9 heteroatoms. The van der Waals surface area contributed by atoms with E-state index in [0.29, 0.717) is 11.3 Å². The van der Waals surface area contributed by atoms with Crippen molar-refractivity contribution in [2.45, 2.75) is 17.9 Å². The summed E-state index contributed by atoms with van der Waals surface area (Å²) in [5, 5.41) is 8.84. The number of nitriles is 1. The van der Waals surface area contributed by atoms with Crippen LogP contribution in [0.5, 0.6) is 5.75 Å². The molecule has 1 aliphatic rings. The molecule has 0 radical (unpaired) electrons. The third-order valence-electron chi connectivity index (χ3n) is 4.65. The van der Waals surface area contributed by atoms with Crippen molar-refractivity contribution < 1.29 is 22.3 Å². The molecule has 0 bridgehead atoms. The number of piperazine rings is 1. The zero-order valence-corrected chi connectivity index (χ0v) is 16.6. The monoisotopic (exact) mass is 417 g/mol. The number of benzene rings is 2. The summed E-state index contributed by atoms with van der Waals surface area (Å²) < 4.78 is 45.3. The quantitative estimate of drug-likeness (QED) is 0.742. The molecular weight excluding hydrogens is 397 g/mol. The summed E-state index contributed by atoms with van der Waals surface area (Å²) in [7, 11) is -3.69. The molecule has 1 unspecified atom stereocenters. The summed E-state index contributed by atoms with van der Waals surface area (Å²) >= 11 is 0. The van der Waals surface area contributed by atoms with Gasteiger partial charge in [0.05, 0.1) is 16.5 Å². The average molecular weight is 417 g/mol. The highest BCUT2D eigenvalue weighted by Crippen LogP contribution is 2.19. The molecule has 152 valence electrons. The normalized spacial score (nSPS) is 16.1. The number of carbonyl (C=O) groups is 1. The summed E-state index contributed by atoms with van der Waals surface area (Å²) in [5.74, 6) is -0.269. The molecule has 0 spiro atoms. The van der Waals surface area contributed by atoms with Crippen LogP contribution in [0.4, 0.5) is 4.39 Å². The van der Waals surface area contributed by atoms with Crippen LogP contribution in [0.3, 0.4) is 0 Å². The molecule has 1 aliphatic heterocycles. The third-order valence-corrected chi connectivity index (χ3v) is 6.56. The topological polar surface area (TPSA) is 90.7 Å². The lowest BCUT2D eigenvalue weighted by Gasteiger charge is -2.35. The van der Waals surface area contributed by atoms with Crippen LogP contribution >= 0.6 is 0 Å². The van der Waals surface area contributed by atoms with Gasteiger partial charge in [-0.2, -0.15) is 9.57 Å². The van der Waals surface area contributed by atoms with Crippen LogP contribution in [0.2, 0.25) is 0 Å². The summed E-state index contributed by atoms with van der Waals surface area (Å²) in [6, 6.07) is 13.1. The van der Waals surface area contributed by atoms with Crippen molar-refractivity contribution in [2.75, 3.05) is 26.2 Å². The molecule has 1 saturated heterocycles. The standard InChI is InChI=1S/C20H20FN3O4S/c1-15(28-18-6-4-17(21)5-7-18)20(25)23-10-12-24(13-11-23)29(26,27)19-8-2-16(14-22)3-9-19/h2-9,15H,10-13H2,1H3. The van der Waals surface area contributed by atoms with Crippen molar-refractivity contribution in [3.8, 4) is 11.8 Å². The first-order valence-corrected chi connectivity index (χ1v) is 10.5. The Labute approximate surface area is 169 Å². The molecule has 0 aliphatic carbocycles. The van der Waals surface area contributed by atoms with E-state index in [1.54, 1.807) is 11.8 Å². The van der Waals surface area contributed by atoms with Gasteiger partial charge in [-0.1, -0.05) is 0 Å². The Bertz CT molecular complexity index is 1010. The van der Waals surface area contributed by atoms with Crippen molar-refractivity contribution >= 4 is 15.9 Å². The van der Waals surface area contributed by atoms with Gasteiger partial charge in [-0.05, 0) is 55.5 Å². The van der Waals surface area contributed by atoms with Gasteiger partial charge in [0.1, 0.15) is 11.6 Å². The van der Waals surface area contributed by atoms with E-state index in [0.717, 1.165) is 0 Å². The molecule has 1 atom stereocenters. The van der Waals surface area contributed by atoms with Crippen LogP contribution in [-0.2, 0) is 14.8 Å². The molecule has 0 saturated carbocycles. The Morgan fingerprint density at radius 2 is 1.66 bits per heavy atom. The smallest absolute Gasteiger partial charge is 0.263 e. The molecule has 2 aromatic carbocycles. The lowest BCUT2D eigenvalue weighted by molar-refractivity contribution is -0.139. The van der Waals surface area contributed by atoms with Crippen LogP contribution in [-0.4, -0.2) is 55.8 Å². The van der Waals surface area contributed by atoms with Gasteiger partial charge in [0.25, 0.3) is 5.91 Å². The maximum atomic E-state index is 13.0. The minimum atomic E-state index is -3.69. The summed E-state index contributed by atoms with van der Waals surface area (Å²) in [5.41, 5.74) is 0.384. The van der Waals surface area contributed by atoms with Crippen molar-refractivity contribution in [3.63, 3.8) is 0 Å². The molecule has 3 rings (SSSR count). The number of amides is 1. The van der Waals surface area contributed by atoms with Crippen LogP contribution in [0.1, 0.15) is 12.5 Å². The van der Waals surface area contributed by atoms with Gasteiger partial charge in [-0.15, -0.1) is 0 Å². The third kappa shape index (κ3) is 4.72. The lowest BCUT2D eigenvalue weighted by Crippen LogP contribution is -2.53. The Kier molecular flexibility index (Phi) is 6.15. The highest BCUT2D eigenvalue weighted by Gasteiger charge is 2.32. The Morgan fingerprint density at radius 1 is 1.07 bits per heavy atom. The number of hydrogen-bond acceptors (Lipinski definition) is 5. The lowest BCUT2D eigenvalue weighted by atomic mass is 10.2. The minimum absolute atomic E-state index is 0.115. The Hall–Kier alpha value is -2.96. The summed E-state index contributed by atoms with van der Waals surface area (Å²) in [6.45, 7) is 2.41. The van der Waals surface area contributed by atoms with Crippen LogP contribution in [0.25, 0.3) is 0 Å². The van der Waals surface area contributed by atoms with Gasteiger partial charge in [0.15, 0.2) is 6.10 Å². The first-order valence-electron chi connectivity index (χ1n) is 9.02. The second kappa shape index (κ2) is 8.59. The van der Waals surface area contributed by atoms with Gasteiger partial charge < -0.3 is 9.64 Å². The number of rotatable bonds is 5. The molecule has 1 amide bonds. The van der Waals surface area contributed by atoms with Gasteiger partial charge in [0.2, 0.25) is 10.0 Å². The number of sulfonamides is 1. The fourth-order valence-electron chi connectivity index (χ4n) is 3.02. The van der Waals surface area contributed by atoms with E-state index in [1.807, 2.05) is 6.07 Å². The molecule has 2 aromatic rings. The van der Waals surface area contributed by atoms with Crippen molar-refractivity contribution in [3.05, 3.63) is 59.9 Å². The van der Waals surface area contributed by atoms with E-state index in [-0.39, 0.29) is 37.0 Å². The van der Waals surface area contributed by atoms with Gasteiger partial charge in [-0.3, -0.25) is 4.79 Å². The van der Waals surface area contributed by atoms with Crippen LogP contribution in [0, 0.1) is 17.1 Å². The predicted octanol–water partition coefficient (Wildman–Crippen LogP) is 2.00. The highest BCUT2D eigenvalue weighted by atomic mass is 32.2. The molecule has 1 fully saturated rings. The fraction of sp³-hybridized carbons (Fsp3) is 0.300. The maximum absolute atomic E-state index is 13.0. The number of carbonyl (C=O) groups excluding carboxylic acids is 1. The number of hydrogen-bond donors (Lipinski definition) is 0. The molecule has 7 nitrogen and oxygen atoms in total. The van der Waals surface area contributed by atoms with Crippen molar-refractivity contribution in [2.24, 2.45) is 0 Å². The zero-order chi connectivity index (χ0) is 21.0. The van der Waals surface area contributed by atoms with Crippen molar-refractivity contribution in [1.29, 1.82) is 5.26 Å². The Balaban J connectivity index is 1.59. The summed E-state index contributed by atoms with van der Waals surface area (Å²) in [6.07, 6.45) is -0.776. The fourth-order valence-corrected chi connectivity index (χ4v) is 4.45. The van der Waals surface area contributed by atoms with E-state index >= 15 is 0 Å². The zero-order valence-electron chi connectivity index (χ0n) is 15.8. The van der Waals surface area contributed by atoms with Crippen LogP contribution < -0.4 is 4.74 Å². The molecule has 1 heterocycles. The summed E-state index contributed by atoms with van der Waals surface area (Å²) in [4.78, 5) is 14.3. The largest absolute Gasteiger partial charge is 0.481 e. The van der Waals surface area contributed by atoms with E-state index in [2.05, 4.69) is 0 Å². The molecular formula is C20H20FN3O4S. The maximum Gasteiger partial charge on any atom is 0.263 e.